The number of rotatable bonds is 1. The second-order valence-corrected chi connectivity index (χ2v) is 3.79. The largest absolute Gasteiger partial charge is 0.508 e. The van der Waals surface area contributed by atoms with Gasteiger partial charge in [0.05, 0.1) is 6.26 Å². The van der Waals surface area contributed by atoms with Gasteiger partial charge in [-0.15, -0.1) is 0 Å². The smallest absolute Gasteiger partial charge is 0.235 e. The lowest BCUT2D eigenvalue weighted by atomic mass is 10.1. The molecule has 0 spiro atoms. The number of Topliss-reactive ketones (excluding diaryl/α,β-unsaturated/α-hetero) is 1. The Hall–Kier alpha value is -2.69. The number of fused-ring (bicyclic) bond motifs is 1. The number of carbonyl (C=O) groups is 1. The average molecular weight is 244 g/mol. The monoisotopic (exact) mass is 244 g/mol. The van der Waals surface area contributed by atoms with Crippen molar-refractivity contribution in [2.75, 3.05) is 0 Å². The minimum Gasteiger partial charge on any atom is -0.508 e. The van der Waals surface area contributed by atoms with E-state index >= 15 is 0 Å². The van der Waals surface area contributed by atoms with Gasteiger partial charge in [0, 0.05) is 18.2 Å². The molecule has 0 radical (unpaired) electrons. The normalized spacial score (nSPS) is 15.8. The summed E-state index contributed by atoms with van der Waals surface area (Å²) < 4.78 is 10.4. The first-order chi connectivity index (χ1) is 8.65. The van der Waals surface area contributed by atoms with Crippen molar-refractivity contribution in [3.8, 4) is 17.2 Å². The molecule has 2 aromatic rings. The first-order valence-corrected chi connectivity index (χ1v) is 5.19. The van der Waals surface area contributed by atoms with E-state index in [1.54, 1.807) is 12.1 Å². The van der Waals surface area contributed by atoms with Crippen molar-refractivity contribution in [3.05, 3.63) is 47.6 Å². The van der Waals surface area contributed by atoms with E-state index in [2.05, 4.69) is 0 Å². The Bertz CT molecular complexity index is 652. The van der Waals surface area contributed by atoms with Crippen molar-refractivity contribution in [1.82, 2.24) is 0 Å². The van der Waals surface area contributed by atoms with Crippen LogP contribution in [0, 0.1) is 0 Å². The fourth-order valence-corrected chi connectivity index (χ4v) is 1.78. The van der Waals surface area contributed by atoms with Crippen LogP contribution in [0.3, 0.4) is 0 Å². The molecular weight excluding hydrogens is 236 g/mol. The fourth-order valence-electron chi connectivity index (χ4n) is 1.78. The Morgan fingerprint density at radius 3 is 2.78 bits per heavy atom. The van der Waals surface area contributed by atoms with Gasteiger partial charge < -0.3 is 19.4 Å². The van der Waals surface area contributed by atoms with Crippen LogP contribution in [0.2, 0.25) is 0 Å². The minimum atomic E-state index is -0.445. The highest BCUT2D eigenvalue weighted by Crippen LogP contribution is 2.40. The number of hydrogen-bond acceptors (Lipinski definition) is 5. The quantitative estimate of drug-likeness (QED) is 0.752. The highest BCUT2D eigenvalue weighted by Gasteiger charge is 2.31. The van der Waals surface area contributed by atoms with Gasteiger partial charge in [0.2, 0.25) is 5.78 Å². The lowest BCUT2D eigenvalue weighted by molar-refractivity contribution is 0.101. The molecule has 18 heavy (non-hydrogen) atoms. The van der Waals surface area contributed by atoms with E-state index in [4.69, 9.17) is 9.15 Å². The van der Waals surface area contributed by atoms with Gasteiger partial charge in [0.15, 0.2) is 5.76 Å². The molecule has 2 N–H and O–H groups in total. The number of ketones is 1. The SMILES string of the molecule is O=C1C(=Cc2ccco2)Oc2cc(O)cc(O)c21. The summed E-state index contributed by atoms with van der Waals surface area (Å²) in [7, 11) is 0. The van der Waals surface area contributed by atoms with Gasteiger partial charge >= 0.3 is 0 Å². The first-order valence-electron chi connectivity index (χ1n) is 5.19. The van der Waals surface area contributed by atoms with Crippen LogP contribution in [0.15, 0.2) is 40.7 Å². The number of phenols is 2. The van der Waals surface area contributed by atoms with Crippen LogP contribution >= 0.6 is 0 Å². The number of phenolic OH excluding ortho intramolecular Hbond substituents is 2. The maximum absolute atomic E-state index is 12.0. The van der Waals surface area contributed by atoms with Gasteiger partial charge in [-0.2, -0.15) is 0 Å². The summed E-state index contributed by atoms with van der Waals surface area (Å²) in [6.45, 7) is 0. The number of ether oxygens (including phenoxy) is 1. The van der Waals surface area contributed by atoms with Crippen molar-refractivity contribution in [1.29, 1.82) is 0 Å². The van der Waals surface area contributed by atoms with Crippen LogP contribution in [0.4, 0.5) is 0 Å². The molecule has 0 fully saturated rings. The number of hydrogen-bond donors (Lipinski definition) is 2. The molecule has 2 heterocycles. The van der Waals surface area contributed by atoms with Crippen molar-refractivity contribution in [2.45, 2.75) is 0 Å². The summed E-state index contributed by atoms with van der Waals surface area (Å²) in [5.74, 6) is -0.277. The maximum atomic E-state index is 12.0. The van der Waals surface area contributed by atoms with Crippen molar-refractivity contribution >= 4 is 11.9 Å². The zero-order valence-corrected chi connectivity index (χ0v) is 9.08. The summed E-state index contributed by atoms with van der Waals surface area (Å²) in [4.78, 5) is 12.0. The Labute approximate surface area is 102 Å². The number of benzene rings is 1. The summed E-state index contributed by atoms with van der Waals surface area (Å²) in [5.41, 5.74) is 0.0469. The van der Waals surface area contributed by atoms with Gasteiger partial charge in [-0.25, -0.2) is 0 Å². The lowest BCUT2D eigenvalue weighted by Crippen LogP contribution is -1.97. The Kier molecular flexibility index (Phi) is 2.13. The Morgan fingerprint density at radius 1 is 1.22 bits per heavy atom. The molecule has 3 rings (SSSR count). The predicted octanol–water partition coefficient (Wildman–Crippen LogP) is 2.31. The molecule has 5 heteroatoms. The summed E-state index contributed by atoms with van der Waals surface area (Å²) >= 11 is 0. The molecule has 0 amide bonds. The third-order valence-electron chi connectivity index (χ3n) is 2.55. The molecule has 1 aliphatic heterocycles. The number of allylic oxidation sites excluding steroid dienone is 1. The van der Waals surface area contributed by atoms with E-state index in [1.807, 2.05) is 0 Å². The van der Waals surface area contributed by atoms with Gasteiger partial charge in [-0.3, -0.25) is 4.79 Å². The van der Waals surface area contributed by atoms with Crippen LogP contribution in [-0.2, 0) is 0 Å². The molecule has 1 aromatic heterocycles. The highest BCUT2D eigenvalue weighted by atomic mass is 16.5. The standard InChI is InChI=1S/C13H8O5/c14-7-4-9(15)12-10(5-7)18-11(13(12)16)6-8-2-1-3-17-8/h1-6,14-15H. The van der Waals surface area contributed by atoms with Crippen molar-refractivity contribution < 1.29 is 24.2 Å². The van der Waals surface area contributed by atoms with Crippen molar-refractivity contribution in [3.63, 3.8) is 0 Å². The second kappa shape index (κ2) is 3.66. The van der Waals surface area contributed by atoms with Crippen LogP contribution < -0.4 is 4.74 Å². The molecule has 0 saturated carbocycles. The molecule has 0 atom stereocenters. The lowest BCUT2D eigenvalue weighted by Gasteiger charge is -1.99. The third kappa shape index (κ3) is 1.53. The Balaban J connectivity index is 2.07. The van der Waals surface area contributed by atoms with E-state index in [9.17, 15) is 15.0 Å². The predicted molar refractivity (Wildman–Crippen MR) is 61.4 cm³/mol. The topological polar surface area (TPSA) is 79.9 Å². The molecule has 1 aliphatic rings. The van der Waals surface area contributed by atoms with E-state index in [-0.39, 0.29) is 28.6 Å². The van der Waals surface area contributed by atoms with Gasteiger partial charge in [-0.05, 0) is 12.1 Å². The zero-order valence-electron chi connectivity index (χ0n) is 9.08. The van der Waals surface area contributed by atoms with Gasteiger partial charge in [-0.1, -0.05) is 0 Å². The second-order valence-electron chi connectivity index (χ2n) is 3.79. The molecule has 0 bridgehead atoms. The summed E-state index contributed by atoms with van der Waals surface area (Å²) in [6, 6.07) is 5.72. The molecule has 90 valence electrons. The molecule has 0 unspecified atom stereocenters. The minimum absolute atomic E-state index is 0.0425. The van der Waals surface area contributed by atoms with Crippen molar-refractivity contribution in [2.24, 2.45) is 0 Å². The molecular formula is C13H8O5. The van der Waals surface area contributed by atoms with Crippen LogP contribution in [0.5, 0.6) is 17.2 Å². The third-order valence-corrected chi connectivity index (χ3v) is 2.55. The molecule has 5 nitrogen and oxygen atoms in total. The highest BCUT2D eigenvalue weighted by molar-refractivity contribution is 6.16. The van der Waals surface area contributed by atoms with Gasteiger partial charge in [0.1, 0.15) is 28.6 Å². The molecule has 0 saturated heterocycles. The number of aromatic hydroxyl groups is 2. The van der Waals surface area contributed by atoms with Crippen LogP contribution in [0.1, 0.15) is 16.1 Å². The van der Waals surface area contributed by atoms with Crippen LogP contribution in [0.25, 0.3) is 6.08 Å². The number of carbonyl (C=O) groups excluding carboxylic acids is 1. The first kappa shape index (κ1) is 10.5. The molecule has 1 aromatic carbocycles. The maximum Gasteiger partial charge on any atom is 0.235 e. The van der Waals surface area contributed by atoms with E-state index in [0.717, 1.165) is 6.07 Å². The Morgan fingerprint density at radius 2 is 2.06 bits per heavy atom. The zero-order chi connectivity index (χ0) is 12.7. The summed E-state index contributed by atoms with van der Waals surface area (Å²) in [6.07, 6.45) is 2.90. The van der Waals surface area contributed by atoms with Crippen LogP contribution in [-0.4, -0.2) is 16.0 Å². The number of furan rings is 1. The van der Waals surface area contributed by atoms with E-state index in [1.165, 1.54) is 18.4 Å². The summed E-state index contributed by atoms with van der Waals surface area (Å²) in [5, 5.41) is 18.9. The van der Waals surface area contributed by atoms with Gasteiger partial charge in [0.25, 0.3) is 0 Å². The molecule has 0 aliphatic carbocycles. The average Bonchev–Trinajstić information content (AvgIpc) is 2.88. The fraction of sp³-hybridized carbons (Fsp3) is 0. The van der Waals surface area contributed by atoms with E-state index < -0.39 is 5.78 Å². The van der Waals surface area contributed by atoms with E-state index in [0.29, 0.717) is 5.76 Å².